The molecule has 0 saturated carbocycles. The number of hydrogen-bond acceptors (Lipinski definition) is 3. The van der Waals surface area contributed by atoms with Crippen LogP contribution in [0.15, 0.2) is 36.4 Å². The minimum Gasteiger partial charge on any atom is -0.329 e. The maximum Gasteiger partial charge on any atom is 0.419 e. The second kappa shape index (κ2) is 8.68. The predicted molar refractivity (Wildman–Crippen MR) is 91.4 cm³/mol. The molecule has 0 saturated heterocycles. The normalized spacial score (nSPS) is 14.5. The van der Waals surface area contributed by atoms with Gasteiger partial charge in [-0.1, -0.05) is 12.1 Å². The monoisotopic (exact) mass is 440 g/mol. The summed E-state index contributed by atoms with van der Waals surface area (Å²) in [5, 5.41) is 0. The van der Waals surface area contributed by atoms with Gasteiger partial charge in [-0.25, -0.2) is 8.78 Å². The molecule has 0 bridgehead atoms. The summed E-state index contributed by atoms with van der Waals surface area (Å²) in [6.07, 6.45) is -10.1. The fraction of sp³-hybridized carbons (Fsp3) is 0.316. The van der Waals surface area contributed by atoms with Gasteiger partial charge in [0.1, 0.15) is 17.4 Å². The van der Waals surface area contributed by atoms with Gasteiger partial charge in [0, 0.05) is 13.1 Å². The summed E-state index contributed by atoms with van der Waals surface area (Å²) in [7, 11) is 0. The molecule has 3 nitrogen and oxygen atoms in total. The molecule has 2 aromatic carbocycles. The highest BCUT2D eigenvalue weighted by atomic mass is 19.4. The Bertz CT molecular complexity index is 850. The van der Waals surface area contributed by atoms with E-state index in [1.165, 1.54) is 0 Å². The van der Waals surface area contributed by atoms with Crippen LogP contribution in [0.1, 0.15) is 34.1 Å². The first kappa shape index (κ1) is 23.7. The maximum absolute atomic E-state index is 13.5. The number of carbonyl (C=O) groups excluding carboxylic acids is 1. The molecular formula is C19H16F8N2O. The van der Waals surface area contributed by atoms with Gasteiger partial charge in [0.25, 0.3) is 0 Å². The smallest absolute Gasteiger partial charge is 0.329 e. The van der Waals surface area contributed by atoms with Crippen LogP contribution in [0.2, 0.25) is 0 Å². The number of alkyl halides is 6. The van der Waals surface area contributed by atoms with E-state index in [0.717, 1.165) is 12.1 Å². The predicted octanol–water partition coefficient (Wildman–Crippen LogP) is 4.36. The van der Waals surface area contributed by atoms with Gasteiger partial charge in [-0.05, 0) is 35.4 Å². The quantitative estimate of drug-likeness (QED) is 0.656. The Morgan fingerprint density at radius 2 is 1.07 bits per heavy atom. The number of ketones is 1. The molecular weight excluding hydrogens is 424 g/mol. The summed E-state index contributed by atoms with van der Waals surface area (Å²) in [5.41, 5.74) is 7.27. The van der Waals surface area contributed by atoms with Crippen LogP contribution in [0.25, 0.3) is 0 Å². The lowest BCUT2D eigenvalue weighted by Crippen LogP contribution is -2.31. The van der Waals surface area contributed by atoms with Crippen molar-refractivity contribution >= 4 is 5.78 Å². The van der Waals surface area contributed by atoms with Crippen molar-refractivity contribution in [2.45, 2.75) is 24.2 Å². The van der Waals surface area contributed by atoms with Crippen LogP contribution in [0.3, 0.4) is 0 Å². The van der Waals surface area contributed by atoms with Crippen LogP contribution in [0, 0.1) is 11.6 Å². The molecule has 164 valence electrons. The van der Waals surface area contributed by atoms with E-state index in [1.54, 1.807) is 0 Å². The Labute approximate surface area is 165 Å². The third-order valence-corrected chi connectivity index (χ3v) is 4.55. The van der Waals surface area contributed by atoms with E-state index >= 15 is 0 Å². The standard InChI is InChI=1S/C19H16F8N2O/c20-15-3-1-9(5-13(15)18(22,23)24)11(7-28)17(30)12(8-29)10-2-4-16(21)14(6-10)19(25,26)27/h1-6,11-12H,7-8,28-29H2. The molecule has 0 aliphatic rings. The van der Waals surface area contributed by atoms with Gasteiger partial charge in [-0.15, -0.1) is 0 Å². The van der Waals surface area contributed by atoms with E-state index in [4.69, 9.17) is 11.5 Å². The lowest BCUT2D eigenvalue weighted by atomic mass is 9.82. The van der Waals surface area contributed by atoms with Crippen LogP contribution in [-0.2, 0) is 17.1 Å². The van der Waals surface area contributed by atoms with E-state index in [0.29, 0.717) is 24.3 Å². The zero-order chi connectivity index (χ0) is 22.9. The van der Waals surface area contributed by atoms with Gasteiger partial charge < -0.3 is 11.5 Å². The average Bonchev–Trinajstić information content (AvgIpc) is 2.63. The SMILES string of the molecule is NCC(C(=O)C(CN)c1ccc(F)c(C(F)(F)F)c1)c1ccc(F)c(C(F)(F)F)c1. The Morgan fingerprint density at radius 3 is 1.33 bits per heavy atom. The molecule has 2 atom stereocenters. The topological polar surface area (TPSA) is 69.1 Å². The fourth-order valence-electron chi connectivity index (χ4n) is 3.03. The highest BCUT2D eigenvalue weighted by molar-refractivity contribution is 5.92. The Kier molecular flexibility index (Phi) is 6.87. The van der Waals surface area contributed by atoms with Gasteiger partial charge in [0.05, 0.1) is 23.0 Å². The maximum atomic E-state index is 13.5. The third-order valence-electron chi connectivity index (χ3n) is 4.55. The molecule has 30 heavy (non-hydrogen) atoms. The Morgan fingerprint density at radius 1 is 0.733 bits per heavy atom. The number of carbonyl (C=O) groups is 1. The zero-order valence-electron chi connectivity index (χ0n) is 15.1. The van der Waals surface area contributed by atoms with Crippen LogP contribution < -0.4 is 11.5 Å². The highest BCUT2D eigenvalue weighted by Gasteiger charge is 2.38. The molecule has 0 amide bonds. The third kappa shape index (κ3) is 4.96. The van der Waals surface area contributed by atoms with E-state index in [9.17, 15) is 39.9 Å². The lowest BCUT2D eigenvalue weighted by Gasteiger charge is -2.23. The molecule has 0 aliphatic carbocycles. The summed E-state index contributed by atoms with van der Waals surface area (Å²) in [6.45, 7) is -1.02. The number of hydrogen-bond donors (Lipinski definition) is 2. The van der Waals surface area contributed by atoms with E-state index in [2.05, 4.69) is 0 Å². The van der Waals surface area contributed by atoms with Gasteiger partial charge in [0.2, 0.25) is 0 Å². The van der Waals surface area contributed by atoms with Gasteiger partial charge >= 0.3 is 12.4 Å². The number of rotatable bonds is 6. The van der Waals surface area contributed by atoms with Gasteiger partial charge in [-0.3, -0.25) is 4.79 Å². The number of benzene rings is 2. The average molecular weight is 440 g/mol. The summed E-state index contributed by atoms with van der Waals surface area (Å²) >= 11 is 0. The number of nitrogens with two attached hydrogens (primary N) is 2. The number of Topliss-reactive ketones (excluding diaryl/α,β-unsaturated/α-hetero) is 1. The molecule has 2 rings (SSSR count). The van der Waals surface area contributed by atoms with Crippen molar-refractivity contribution in [3.05, 3.63) is 70.3 Å². The second-order valence-electron chi connectivity index (χ2n) is 6.45. The van der Waals surface area contributed by atoms with E-state index in [-0.39, 0.29) is 11.1 Å². The first-order valence-electron chi connectivity index (χ1n) is 8.48. The van der Waals surface area contributed by atoms with Crippen molar-refractivity contribution in [1.29, 1.82) is 0 Å². The van der Waals surface area contributed by atoms with Crippen molar-refractivity contribution < 1.29 is 39.9 Å². The summed E-state index contributed by atoms with van der Waals surface area (Å²) < 4.78 is 105. The first-order valence-corrected chi connectivity index (χ1v) is 8.48. The van der Waals surface area contributed by atoms with Crippen LogP contribution in [0.5, 0.6) is 0 Å². The minimum absolute atomic E-state index is 0.271. The molecule has 0 spiro atoms. The lowest BCUT2D eigenvalue weighted by molar-refractivity contribution is -0.140. The first-order chi connectivity index (χ1) is 13.8. The van der Waals surface area contributed by atoms with Crippen molar-refractivity contribution in [1.82, 2.24) is 0 Å². The summed E-state index contributed by atoms with van der Waals surface area (Å²) in [5.74, 6) is -6.80. The van der Waals surface area contributed by atoms with Crippen LogP contribution in [-0.4, -0.2) is 18.9 Å². The Balaban J connectivity index is 2.48. The Hall–Kier alpha value is -2.53. The largest absolute Gasteiger partial charge is 0.419 e. The summed E-state index contributed by atoms with van der Waals surface area (Å²) in [6, 6.07) is 3.74. The molecule has 0 radical (unpaired) electrons. The highest BCUT2D eigenvalue weighted by Crippen LogP contribution is 2.36. The van der Waals surface area contributed by atoms with Crippen molar-refractivity contribution in [2.75, 3.05) is 13.1 Å². The molecule has 0 aliphatic heterocycles. The second-order valence-corrected chi connectivity index (χ2v) is 6.45. The van der Waals surface area contributed by atoms with Crippen LogP contribution >= 0.6 is 0 Å². The molecule has 0 heterocycles. The summed E-state index contributed by atoms with van der Waals surface area (Å²) in [4.78, 5) is 12.9. The molecule has 0 aromatic heterocycles. The fourth-order valence-corrected chi connectivity index (χ4v) is 3.03. The molecule has 4 N–H and O–H groups in total. The minimum atomic E-state index is -5.03. The molecule has 0 fully saturated rings. The van der Waals surface area contributed by atoms with Gasteiger partial charge in [-0.2, -0.15) is 26.3 Å². The van der Waals surface area contributed by atoms with Gasteiger partial charge in [0.15, 0.2) is 0 Å². The molecule has 11 heteroatoms. The van der Waals surface area contributed by atoms with Crippen molar-refractivity contribution in [3.63, 3.8) is 0 Å². The van der Waals surface area contributed by atoms with Crippen LogP contribution in [0.4, 0.5) is 35.1 Å². The molecule has 2 unspecified atom stereocenters. The van der Waals surface area contributed by atoms with E-state index in [1.807, 2.05) is 0 Å². The van der Waals surface area contributed by atoms with Crippen molar-refractivity contribution in [2.24, 2.45) is 11.5 Å². The molecule has 2 aromatic rings. The zero-order valence-corrected chi connectivity index (χ0v) is 15.1. The van der Waals surface area contributed by atoms with E-state index < -0.39 is 65.8 Å². The van der Waals surface area contributed by atoms with Crippen molar-refractivity contribution in [3.8, 4) is 0 Å². The number of halogens is 8.